The second-order valence-corrected chi connectivity index (χ2v) is 7.30. The summed E-state index contributed by atoms with van der Waals surface area (Å²) in [5, 5.41) is 16.1. The van der Waals surface area contributed by atoms with Crippen molar-refractivity contribution in [1.29, 1.82) is 0 Å². The van der Waals surface area contributed by atoms with Gasteiger partial charge in [0.1, 0.15) is 5.75 Å². The Bertz CT molecular complexity index is 830. The fourth-order valence-electron chi connectivity index (χ4n) is 2.65. The molecular weight excluding hydrogens is 313 g/mol. The van der Waals surface area contributed by atoms with Gasteiger partial charge in [-0.2, -0.15) is 0 Å². The van der Waals surface area contributed by atoms with E-state index in [1.54, 1.807) is 0 Å². The first-order chi connectivity index (χ1) is 11.6. The third-order valence-corrected chi connectivity index (χ3v) is 5.45. The number of nitrogens with one attached hydrogen (secondary N) is 1. The van der Waals surface area contributed by atoms with E-state index in [-0.39, 0.29) is 0 Å². The number of para-hydroxylation sites is 2. The molecule has 0 saturated heterocycles. The molecule has 0 heterocycles. The van der Waals surface area contributed by atoms with Crippen LogP contribution in [0.5, 0.6) is 5.75 Å². The molecule has 3 aromatic carbocycles. The van der Waals surface area contributed by atoms with Gasteiger partial charge in [0.25, 0.3) is 0 Å². The third kappa shape index (κ3) is 3.96. The SMILES string of the molecule is Cc1ccc(Pc2cccc(C)c2O)c(CNc2ccccc2)c1. The number of phenols is 1. The molecule has 0 bridgehead atoms. The lowest BCUT2D eigenvalue weighted by atomic mass is 10.1. The van der Waals surface area contributed by atoms with Crippen LogP contribution in [0.4, 0.5) is 5.69 Å². The Hall–Kier alpha value is -2.31. The van der Waals surface area contributed by atoms with Crippen molar-refractivity contribution in [3.63, 3.8) is 0 Å². The molecule has 24 heavy (non-hydrogen) atoms. The number of anilines is 1. The summed E-state index contributed by atoms with van der Waals surface area (Å²) in [6.45, 7) is 4.83. The van der Waals surface area contributed by atoms with Crippen molar-refractivity contribution in [2.75, 3.05) is 5.32 Å². The summed E-state index contributed by atoms with van der Waals surface area (Å²) >= 11 is 0. The number of hydrogen-bond acceptors (Lipinski definition) is 2. The number of hydrogen-bond donors (Lipinski definition) is 2. The van der Waals surface area contributed by atoms with Gasteiger partial charge in [-0.1, -0.05) is 68.7 Å². The van der Waals surface area contributed by atoms with Crippen molar-refractivity contribution in [3.05, 3.63) is 83.4 Å². The average Bonchev–Trinajstić information content (AvgIpc) is 2.60. The Morgan fingerprint density at radius 3 is 2.46 bits per heavy atom. The molecule has 0 saturated carbocycles. The molecule has 0 aliphatic heterocycles. The maximum atomic E-state index is 10.3. The minimum atomic E-state index is 0.415. The van der Waals surface area contributed by atoms with E-state index >= 15 is 0 Å². The molecule has 1 unspecified atom stereocenters. The van der Waals surface area contributed by atoms with E-state index in [1.807, 2.05) is 43.3 Å². The topological polar surface area (TPSA) is 32.3 Å². The van der Waals surface area contributed by atoms with Gasteiger partial charge in [-0.25, -0.2) is 0 Å². The highest BCUT2D eigenvalue weighted by molar-refractivity contribution is 7.55. The molecular formula is C21H22NOP. The van der Waals surface area contributed by atoms with Gasteiger partial charge >= 0.3 is 0 Å². The molecule has 2 N–H and O–H groups in total. The molecule has 0 aliphatic rings. The standard InChI is InChI=1S/C21H22NOP/c1-15-11-12-19(24-20-10-6-7-16(2)21(20)23)17(13-15)14-22-18-8-4-3-5-9-18/h3-13,22-24H,14H2,1-2H3. The van der Waals surface area contributed by atoms with E-state index in [0.717, 1.165) is 23.1 Å². The number of aryl methyl sites for hydroxylation is 2. The molecule has 3 rings (SSSR count). The summed E-state index contributed by atoms with van der Waals surface area (Å²) in [7, 11) is 0.445. The van der Waals surface area contributed by atoms with Crippen molar-refractivity contribution < 1.29 is 5.11 Å². The van der Waals surface area contributed by atoms with Crippen LogP contribution in [-0.4, -0.2) is 5.11 Å². The van der Waals surface area contributed by atoms with Crippen molar-refractivity contribution >= 4 is 24.9 Å². The molecule has 0 aromatic heterocycles. The first-order valence-electron chi connectivity index (χ1n) is 8.07. The first kappa shape index (κ1) is 16.5. The minimum absolute atomic E-state index is 0.415. The molecule has 1 atom stereocenters. The summed E-state index contributed by atoms with van der Waals surface area (Å²) in [4.78, 5) is 0. The van der Waals surface area contributed by atoms with E-state index in [0.29, 0.717) is 14.3 Å². The smallest absolute Gasteiger partial charge is 0.126 e. The molecule has 122 valence electrons. The van der Waals surface area contributed by atoms with Crippen LogP contribution in [0.1, 0.15) is 16.7 Å². The minimum Gasteiger partial charge on any atom is -0.507 e. The summed E-state index contributed by atoms with van der Waals surface area (Å²) in [6.07, 6.45) is 0. The maximum absolute atomic E-state index is 10.3. The van der Waals surface area contributed by atoms with Gasteiger partial charge in [0.05, 0.1) is 0 Å². The van der Waals surface area contributed by atoms with Crippen LogP contribution in [0, 0.1) is 13.8 Å². The van der Waals surface area contributed by atoms with Gasteiger partial charge in [-0.3, -0.25) is 0 Å². The lowest BCUT2D eigenvalue weighted by Gasteiger charge is -2.14. The van der Waals surface area contributed by atoms with Crippen LogP contribution < -0.4 is 15.9 Å². The van der Waals surface area contributed by atoms with Gasteiger partial charge in [0.15, 0.2) is 0 Å². The van der Waals surface area contributed by atoms with Crippen LogP contribution in [0.3, 0.4) is 0 Å². The zero-order valence-corrected chi connectivity index (χ0v) is 15.0. The molecule has 3 heteroatoms. The van der Waals surface area contributed by atoms with Crippen LogP contribution in [-0.2, 0) is 6.54 Å². The summed E-state index contributed by atoms with van der Waals surface area (Å²) < 4.78 is 0. The van der Waals surface area contributed by atoms with Crippen molar-refractivity contribution in [3.8, 4) is 5.75 Å². The van der Waals surface area contributed by atoms with Gasteiger partial charge in [-0.05, 0) is 42.4 Å². The van der Waals surface area contributed by atoms with Crippen LogP contribution in [0.2, 0.25) is 0 Å². The highest BCUT2D eigenvalue weighted by Crippen LogP contribution is 2.23. The van der Waals surface area contributed by atoms with Crippen LogP contribution >= 0.6 is 8.58 Å². The average molecular weight is 335 g/mol. The number of benzene rings is 3. The van der Waals surface area contributed by atoms with Crippen molar-refractivity contribution in [2.45, 2.75) is 20.4 Å². The Labute approximate surface area is 145 Å². The lowest BCUT2D eigenvalue weighted by Crippen LogP contribution is -2.13. The van der Waals surface area contributed by atoms with Crippen molar-refractivity contribution in [1.82, 2.24) is 0 Å². The summed E-state index contributed by atoms with van der Waals surface area (Å²) in [5.74, 6) is 0.415. The Morgan fingerprint density at radius 1 is 0.875 bits per heavy atom. The van der Waals surface area contributed by atoms with Gasteiger partial charge < -0.3 is 10.4 Å². The maximum Gasteiger partial charge on any atom is 0.126 e. The Balaban J connectivity index is 1.84. The zero-order valence-electron chi connectivity index (χ0n) is 14.0. The molecule has 0 radical (unpaired) electrons. The quantitative estimate of drug-likeness (QED) is 0.683. The summed E-state index contributed by atoms with van der Waals surface area (Å²) in [6, 6.07) is 22.7. The van der Waals surface area contributed by atoms with E-state index in [2.05, 4.69) is 42.6 Å². The van der Waals surface area contributed by atoms with E-state index in [4.69, 9.17) is 0 Å². The predicted octanol–water partition coefficient (Wildman–Crippen LogP) is 4.25. The zero-order chi connectivity index (χ0) is 16.9. The fourth-order valence-corrected chi connectivity index (χ4v) is 3.92. The predicted molar refractivity (Wildman–Crippen MR) is 105 cm³/mol. The van der Waals surface area contributed by atoms with Gasteiger partial charge in [0, 0.05) is 17.5 Å². The number of rotatable bonds is 5. The number of aromatic hydroxyl groups is 1. The van der Waals surface area contributed by atoms with E-state index < -0.39 is 0 Å². The van der Waals surface area contributed by atoms with Crippen LogP contribution in [0.25, 0.3) is 0 Å². The largest absolute Gasteiger partial charge is 0.507 e. The Kier molecular flexibility index (Phi) is 5.17. The van der Waals surface area contributed by atoms with E-state index in [9.17, 15) is 5.11 Å². The molecule has 0 spiro atoms. The molecule has 2 nitrogen and oxygen atoms in total. The molecule has 0 fully saturated rings. The summed E-state index contributed by atoms with van der Waals surface area (Å²) in [5.41, 5.74) is 4.57. The first-order valence-corrected chi connectivity index (χ1v) is 9.07. The second-order valence-electron chi connectivity index (χ2n) is 5.98. The highest BCUT2D eigenvalue weighted by Gasteiger charge is 2.09. The monoisotopic (exact) mass is 335 g/mol. The molecule has 0 aliphatic carbocycles. The van der Waals surface area contributed by atoms with Crippen LogP contribution in [0.15, 0.2) is 66.7 Å². The molecule has 3 aromatic rings. The second kappa shape index (κ2) is 7.51. The van der Waals surface area contributed by atoms with E-state index in [1.165, 1.54) is 16.4 Å². The third-order valence-electron chi connectivity index (χ3n) is 4.02. The fraction of sp³-hybridized carbons (Fsp3) is 0.143. The lowest BCUT2D eigenvalue weighted by molar-refractivity contribution is 0.475. The Morgan fingerprint density at radius 2 is 1.67 bits per heavy atom. The van der Waals surface area contributed by atoms with Gasteiger partial charge in [-0.15, -0.1) is 0 Å². The highest BCUT2D eigenvalue weighted by atomic mass is 31.1. The van der Waals surface area contributed by atoms with Crippen molar-refractivity contribution in [2.24, 2.45) is 0 Å². The molecule has 0 amide bonds. The number of phenolic OH excluding ortho intramolecular Hbond substituents is 1. The van der Waals surface area contributed by atoms with Gasteiger partial charge in [0.2, 0.25) is 0 Å². The normalized spacial score (nSPS) is 11.1.